The van der Waals surface area contributed by atoms with Gasteiger partial charge in [0.25, 0.3) is 5.56 Å². The summed E-state index contributed by atoms with van der Waals surface area (Å²) >= 11 is 4.70. The Balaban J connectivity index is 1.65. The van der Waals surface area contributed by atoms with Crippen molar-refractivity contribution < 1.29 is 4.79 Å². The molecule has 0 spiro atoms. The van der Waals surface area contributed by atoms with Crippen LogP contribution in [0.15, 0.2) is 81.3 Å². The van der Waals surface area contributed by atoms with Gasteiger partial charge >= 0.3 is 0 Å². The molecule has 0 aliphatic carbocycles. The number of aromatic nitrogens is 1. The van der Waals surface area contributed by atoms with Crippen LogP contribution >= 0.6 is 34.9 Å². The van der Waals surface area contributed by atoms with Gasteiger partial charge < -0.3 is 0 Å². The van der Waals surface area contributed by atoms with Gasteiger partial charge in [0.05, 0.1) is 4.24 Å². The van der Waals surface area contributed by atoms with Crippen molar-refractivity contribution in [2.75, 3.05) is 0 Å². The van der Waals surface area contributed by atoms with Gasteiger partial charge in [0.1, 0.15) is 9.20 Å². The third-order valence-electron chi connectivity index (χ3n) is 4.97. The maximum atomic E-state index is 13.1. The second-order valence-corrected chi connectivity index (χ2v) is 10.2. The highest BCUT2D eigenvalue weighted by Crippen LogP contribution is 2.53. The smallest absolute Gasteiger partial charge is 0.270 e. The van der Waals surface area contributed by atoms with E-state index in [1.165, 1.54) is 31.9 Å². The van der Waals surface area contributed by atoms with E-state index in [2.05, 4.69) is 24.3 Å². The molecule has 0 bridgehead atoms. The average molecular weight is 448 g/mol. The summed E-state index contributed by atoms with van der Waals surface area (Å²) in [4.78, 5) is 28.2. The first kappa shape index (κ1) is 19.4. The number of nitrogens with zero attached hydrogens (tertiary/aromatic N) is 1. The van der Waals surface area contributed by atoms with Crippen LogP contribution < -0.4 is 14.8 Å². The molecule has 0 N–H and O–H groups in total. The quantitative estimate of drug-likeness (QED) is 0.427. The Bertz CT molecular complexity index is 1470. The summed E-state index contributed by atoms with van der Waals surface area (Å²) in [6, 6.07) is 21.7. The monoisotopic (exact) mass is 447 g/mol. The molecule has 30 heavy (non-hydrogen) atoms. The minimum Gasteiger partial charge on any atom is -0.299 e. The normalized spacial score (nSPS) is 15.6. The Hall–Kier alpha value is -2.54. The number of thiazole rings is 1. The maximum Gasteiger partial charge on any atom is 0.270 e. The van der Waals surface area contributed by atoms with Gasteiger partial charge in [-0.3, -0.25) is 14.2 Å². The summed E-state index contributed by atoms with van der Waals surface area (Å²) in [6.07, 6.45) is 1.59. The molecule has 0 fully saturated rings. The number of hydrogen-bond acceptors (Lipinski definition) is 5. The number of rotatable bonds is 3. The number of hydrogen-bond donors (Lipinski definition) is 0. The molecule has 0 saturated carbocycles. The SMILES string of the molecule is CCn1c(=O)/c(=C2\Sc3ccc4ccccc4c3S2)s/c1=C\C(=O)c1ccccc1. The number of Topliss-reactive ketones (excluding diaryl/α,β-unsaturated/α-hetero) is 1. The van der Waals surface area contributed by atoms with Gasteiger partial charge in [-0.1, -0.05) is 84.2 Å². The lowest BCUT2D eigenvalue weighted by Crippen LogP contribution is -2.31. The summed E-state index contributed by atoms with van der Waals surface area (Å²) in [6.45, 7) is 2.46. The molecule has 2 heterocycles. The van der Waals surface area contributed by atoms with Crippen LogP contribution in [0.4, 0.5) is 0 Å². The van der Waals surface area contributed by atoms with Crippen LogP contribution in [0.1, 0.15) is 17.3 Å². The molecular formula is C24H17NO2S3. The zero-order valence-corrected chi connectivity index (χ0v) is 18.6. The van der Waals surface area contributed by atoms with Gasteiger partial charge in [0.2, 0.25) is 0 Å². The van der Waals surface area contributed by atoms with Crippen molar-refractivity contribution in [1.29, 1.82) is 0 Å². The van der Waals surface area contributed by atoms with Crippen molar-refractivity contribution in [2.45, 2.75) is 23.3 Å². The van der Waals surface area contributed by atoms with E-state index in [0.29, 0.717) is 21.3 Å². The van der Waals surface area contributed by atoms with E-state index in [9.17, 15) is 9.59 Å². The van der Waals surface area contributed by atoms with Crippen molar-refractivity contribution >= 4 is 61.7 Å². The number of benzene rings is 3. The Morgan fingerprint density at radius 3 is 2.53 bits per heavy atom. The lowest BCUT2D eigenvalue weighted by Gasteiger charge is -2.01. The predicted molar refractivity (Wildman–Crippen MR) is 128 cm³/mol. The molecule has 1 aliphatic heterocycles. The predicted octanol–water partition coefficient (Wildman–Crippen LogP) is 4.71. The summed E-state index contributed by atoms with van der Waals surface area (Å²) in [5.41, 5.74) is 0.598. The second kappa shape index (κ2) is 7.95. The molecule has 0 radical (unpaired) electrons. The highest BCUT2D eigenvalue weighted by Gasteiger charge is 2.22. The van der Waals surface area contributed by atoms with Crippen molar-refractivity contribution in [2.24, 2.45) is 0 Å². The van der Waals surface area contributed by atoms with Crippen molar-refractivity contribution in [3.63, 3.8) is 0 Å². The molecule has 3 nitrogen and oxygen atoms in total. The zero-order chi connectivity index (χ0) is 20.7. The molecule has 1 aromatic heterocycles. The first-order chi connectivity index (χ1) is 14.7. The fourth-order valence-corrected chi connectivity index (χ4v) is 7.44. The van der Waals surface area contributed by atoms with E-state index in [0.717, 1.165) is 4.24 Å². The first-order valence-corrected chi connectivity index (χ1v) is 12.0. The third-order valence-corrected chi connectivity index (χ3v) is 8.97. The van der Waals surface area contributed by atoms with Gasteiger partial charge in [-0.05, 0) is 23.8 Å². The minimum atomic E-state index is -0.0865. The molecule has 0 atom stereocenters. The van der Waals surface area contributed by atoms with Crippen molar-refractivity contribution in [1.82, 2.24) is 4.57 Å². The van der Waals surface area contributed by atoms with Gasteiger partial charge in [-0.15, -0.1) is 11.3 Å². The second-order valence-electron chi connectivity index (χ2n) is 6.80. The highest BCUT2D eigenvalue weighted by molar-refractivity contribution is 8.32. The summed E-state index contributed by atoms with van der Waals surface area (Å²) in [7, 11) is 0. The number of fused-ring (bicyclic) bond motifs is 3. The largest absolute Gasteiger partial charge is 0.299 e. The van der Waals surface area contributed by atoms with E-state index in [4.69, 9.17) is 0 Å². The van der Waals surface area contributed by atoms with Gasteiger partial charge in [-0.25, -0.2) is 0 Å². The standard InChI is InChI=1S/C24H17NO2S3/c1-2-25-20(14-18(26)16-9-4-3-5-10-16)29-22(23(25)27)24-28-19-13-12-15-8-6-7-11-17(15)21(19)30-24/h3-14H,2H2,1H3/b20-14-,24-22-. The molecule has 6 heteroatoms. The minimum absolute atomic E-state index is 0.0262. The van der Waals surface area contributed by atoms with Crippen LogP contribution in [0.25, 0.3) is 21.1 Å². The lowest BCUT2D eigenvalue weighted by atomic mass is 10.1. The summed E-state index contributed by atoms with van der Waals surface area (Å²) in [5.74, 6) is -0.0865. The maximum absolute atomic E-state index is 13.1. The zero-order valence-electron chi connectivity index (χ0n) is 16.1. The molecular weight excluding hydrogens is 430 g/mol. The van der Waals surface area contributed by atoms with Crippen molar-refractivity contribution in [3.8, 4) is 0 Å². The molecule has 0 saturated heterocycles. The van der Waals surface area contributed by atoms with Crippen LogP contribution in [-0.2, 0) is 6.54 Å². The van der Waals surface area contributed by atoms with E-state index >= 15 is 0 Å². The Morgan fingerprint density at radius 1 is 0.967 bits per heavy atom. The molecule has 0 unspecified atom stereocenters. The fraction of sp³-hybridized carbons (Fsp3) is 0.0833. The number of carbonyl (C=O) groups is 1. The molecule has 1 aliphatic rings. The Morgan fingerprint density at radius 2 is 1.73 bits per heavy atom. The Labute approximate surface area is 185 Å². The van der Waals surface area contributed by atoms with E-state index in [1.54, 1.807) is 46.3 Å². The van der Waals surface area contributed by atoms with Crippen LogP contribution in [0, 0.1) is 0 Å². The van der Waals surface area contributed by atoms with Crippen molar-refractivity contribution in [3.05, 3.63) is 91.8 Å². The van der Waals surface area contributed by atoms with Crippen LogP contribution in [0.3, 0.4) is 0 Å². The summed E-state index contributed by atoms with van der Waals surface area (Å²) in [5, 5.41) is 2.41. The Kier molecular flexibility index (Phi) is 5.15. The number of carbonyl (C=O) groups excluding carboxylic acids is 1. The van der Waals surface area contributed by atoms with Crippen LogP contribution in [0.5, 0.6) is 0 Å². The van der Waals surface area contributed by atoms with E-state index in [-0.39, 0.29) is 11.3 Å². The summed E-state index contributed by atoms with van der Waals surface area (Å²) < 4.78 is 4.08. The van der Waals surface area contributed by atoms with Gasteiger partial charge in [0.15, 0.2) is 5.78 Å². The first-order valence-electron chi connectivity index (χ1n) is 9.58. The molecule has 3 aromatic carbocycles. The van der Waals surface area contributed by atoms with Gasteiger partial charge in [-0.2, -0.15) is 0 Å². The van der Waals surface area contributed by atoms with Crippen LogP contribution in [0.2, 0.25) is 0 Å². The topological polar surface area (TPSA) is 39.1 Å². The highest BCUT2D eigenvalue weighted by atomic mass is 32.2. The third kappa shape index (κ3) is 3.35. The lowest BCUT2D eigenvalue weighted by molar-refractivity contribution is 0.106. The molecule has 4 aromatic rings. The molecule has 0 amide bonds. The van der Waals surface area contributed by atoms with Crippen LogP contribution in [-0.4, -0.2) is 10.4 Å². The molecule has 5 rings (SSSR count). The van der Waals surface area contributed by atoms with E-state index in [1.807, 2.05) is 37.3 Å². The number of ketones is 1. The van der Waals surface area contributed by atoms with Gasteiger partial charge in [0, 0.05) is 28.0 Å². The average Bonchev–Trinajstić information content (AvgIpc) is 3.35. The van der Waals surface area contributed by atoms with E-state index < -0.39 is 0 Å². The fourth-order valence-electron chi connectivity index (χ4n) is 3.47. The molecule has 148 valence electrons. The number of thioether (sulfide) groups is 2.